The van der Waals surface area contributed by atoms with Crippen molar-refractivity contribution in [1.29, 1.82) is 0 Å². The van der Waals surface area contributed by atoms with E-state index >= 15 is 0 Å². The lowest BCUT2D eigenvalue weighted by Gasteiger charge is -2.09. The maximum absolute atomic E-state index is 12.4. The maximum atomic E-state index is 12.4. The van der Waals surface area contributed by atoms with Gasteiger partial charge < -0.3 is 10.1 Å². The lowest BCUT2D eigenvalue weighted by Crippen LogP contribution is -2.15. The molecule has 0 saturated heterocycles. The topological polar surface area (TPSA) is 85.4 Å². The number of halogens is 1. The van der Waals surface area contributed by atoms with Gasteiger partial charge in [0.15, 0.2) is 9.84 Å². The predicted molar refractivity (Wildman–Crippen MR) is 115 cm³/mol. The number of benzene rings is 2. The van der Waals surface area contributed by atoms with Gasteiger partial charge in [-0.25, -0.2) is 13.4 Å². The second-order valence-electron chi connectivity index (χ2n) is 6.52. The molecule has 2 aromatic carbocycles. The highest BCUT2D eigenvalue weighted by molar-refractivity contribution is 9.10. The van der Waals surface area contributed by atoms with Crippen LogP contribution in [0.15, 0.2) is 76.2 Å². The van der Waals surface area contributed by atoms with Crippen LogP contribution in [0.3, 0.4) is 0 Å². The van der Waals surface area contributed by atoms with Crippen molar-refractivity contribution in [3.8, 4) is 11.6 Å². The van der Waals surface area contributed by atoms with Crippen molar-refractivity contribution in [3.05, 3.63) is 76.9 Å². The van der Waals surface area contributed by atoms with E-state index in [4.69, 9.17) is 4.74 Å². The summed E-state index contributed by atoms with van der Waals surface area (Å²) in [5, 5.41) is 2.20. The van der Waals surface area contributed by atoms with Gasteiger partial charge in [-0.1, -0.05) is 22.0 Å². The van der Waals surface area contributed by atoms with Crippen LogP contribution in [0.1, 0.15) is 24.2 Å². The Morgan fingerprint density at radius 1 is 1.07 bits per heavy atom. The average molecular weight is 475 g/mol. The first-order valence-electron chi connectivity index (χ1n) is 8.80. The number of aromatic nitrogens is 1. The van der Waals surface area contributed by atoms with E-state index in [-0.39, 0.29) is 10.8 Å². The Morgan fingerprint density at radius 3 is 2.38 bits per heavy atom. The molecule has 150 valence electrons. The minimum atomic E-state index is -3.37. The van der Waals surface area contributed by atoms with Crippen LogP contribution in [0.4, 0.5) is 5.69 Å². The number of pyridine rings is 1. The molecular weight excluding hydrogens is 456 g/mol. The summed E-state index contributed by atoms with van der Waals surface area (Å²) in [6.45, 7) is 3.24. The Morgan fingerprint density at radius 2 is 1.79 bits per heavy atom. The summed E-state index contributed by atoms with van der Waals surface area (Å²) in [4.78, 5) is 16.8. The lowest BCUT2D eigenvalue weighted by molar-refractivity contribution is 0.102. The van der Waals surface area contributed by atoms with Crippen molar-refractivity contribution < 1.29 is 17.9 Å². The molecule has 3 rings (SSSR count). The second kappa shape index (κ2) is 8.75. The van der Waals surface area contributed by atoms with Crippen molar-refractivity contribution in [1.82, 2.24) is 4.98 Å². The molecule has 0 aliphatic carbocycles. The number of anilines is 1. The summed E-state index contributed by atoms with van der Waals surface area (Å²) in [6, 6.07) is 16.6. The SMILES string of the molecule is CC(C)S(=O)(=O)c1ccc(C(=O)Nc2ccc(Oc3cccc(Br)c3)nc2)cc1. The zero-order valence-electron chi connectivity index (χ0n) is 15.8. The Kier molecular flexibility index (Phi) is 6.34. The molecule has 29 heavy (non-hydrogen) atoms. The molecule has 1 aromatic heterocycles. The van der Waals surface area contributed by atoms with Crippen LogP contribution in [0.5, 0.6) is 11.6 Å². The van der Waals surface area contributed by atoms with Gasteiger partial charge in [-0.2, -0.15) is 0 Å². The summed E-state index contributed by atoms with van der Waals surface area (Å²) < 4.78 is 30.9. The first kappa shape index (κ1) is 21.0. The highest BCUT2D eigenvalue weighted by Gasteiger charge is 2.19. The molecule has 3 aromatic rings. The highest BCUT2D eigenvalue weighted by atomic mass is 79.9. The monoisotopic (exact) mass is 474 g/mol. The number of carbonyl (C=O) groups is 1. The third kappa shape index (κ3) is 5.21. The van der Waals surface area contributed by atoms with Crippen molar-refractivity contribution in [3.63, 3.8) is 0 Å². The molecule has 0 unspecified atom stereocenters. The van der Waals surface area contributed by atoms with Gasteiger partial charge in [0, 0.05) is 16.1 Å². The van der Waals surface area contributed by atoms with Crippen LogP contribution < -0.4 is 10.1 Å². The number of hydrogen-bond donors (Lipinski definition) is 1. The van der Waals surface area contributed by atoms with Crippen molar-refractivity contribution >= 4 is 37.4 Å². The molecular formula is C21H19BrN2O4S. The maximum Gasteiger partial charge on any atom is 0.255 e. The smallest absolute Gasteiger partial charge is 0.255 e. The molecule has 0 spiro atoms. The van der Waals surface area contributed by atoms with Gasteiger partial charge in [0.05, 0.1) is 22.0 Å². The highest BCUT2D eigenvalue weighted by Crippen LogP contribution is 2.24. The molecule has 1 amide bonds. The lowest BCUT2D eigenvalue weighted by atomic mass is 10.2. The normalized spacial score (nSPS) is 11.3. The van der Waals surface area contributed by atoms with Crippen molar-refractivity contribution in [2.24, 2.45) is 0 Å². The molecule has 0 bridgehead atoms. The summed E-state index contributed by atoms with van der Waals surface area (Å²) in [7, 11) is -3.37. The Hall–Kier alpha value is -2.71. The van der Waals surface area contributed by atoms with Crippen LogP contribution in [0.2, 0.25) is 0 Å². The van der Waals surface area contributed by atoms with Gasteiger partial charge in [-0.05, 0) is 62.4 Å². The van der Waals surface area contributed by atoms with Crippen LogP contribution >= 0.6 is 15.9 Å². The van der Waals surface area contributed by atoms with E-state index < -0.39 is 15.1 Å². The number of nitrogens with zero attached hydrogens (tertiary/aromatic N) is 1. The molecule has 1 heterocycles. The third-order valence-electron chi connectivity index (χ3n) is 4.08. The second-order valence-corrected chi connectivity index (χ2v) is 9.94. The minimum absolute atomic E-state index is 0.194. The molecule has 0 radical (unpaired) electrons. The predicted octanol–water partition coefficient (Wildman–Crippen LogP) is 5.07. The number of hydrogen-bond acceptors (Lipinski definition) is 5. The summed E-state index contributed by atoms with van der Waals surface area (Å²) in [5.74, 6) is 0.672. The quantitative estimate of drug-likeness (QED) is 0.538. The van der Waals surface area contributed by atoms with Gasteiger partial charge in [0.1, 0.15) is 5.75 Å². The Labute approximate surface area is 178 Å². The van der Waals surface area contributed by atoms with E-state index in [0.717, 1.165) is 4.47 Å². The first-order chi connectivity index (χ1) is 13.8. The van der Waals surface area contributed by atoms with E-state index in [0.29, 0.717) is 22.9 Å². The minimum Gasteiger partial charge on any atom is -0.439 e. The molecule has 8 heteroatoms. The van der Waals surface area contributed by atoms with Gasteiger partial charge >= 0.3 is 0 Å². The standard InChI is InChI=1S/C21H19BrN2O4S/c1-14(2)29(26,27)19-9-6-15(7-10-19)21(25)24-17-8-11-20(23-13-17)28-18-5-3-4-16(22)12-18/h3-14H,1-2H3,(H,24,25). The number of amides is 1. The fourth-order valence-electron chi connectivity index (χ4n) is 2.44. The Bertz CT molecular complexity index is 1110. The zero-order chi connectivity index (χ0) is 21.0. The summed E-state index contributed by atoms with van der Waals surface area (Å²) in [6.07, 6.45) is 1.49. The molecule has 0 fully saturated rings. The van der Waals surface area contributed by atoms with Crippen LogP contribution in [0, 0.1) is 0 Å². The summed E-state index contributed by atoms with van der Waals surface area (Å²) in [5.41, 5.74) is 0.845. The van der Waals surface area contributed by atoms with Gasteiger partial charge in [0.25, 0.3) is 5.91 Å². The Balaban J connectivity index is 1.66. The number of carbonyl (C=O) groups excluding carboxylic acids is 1. The number of rotatable bonds is 6. The fraction of sp³-hybridized carbons (Fsp3) is 0.143. The third-order valence-corrected chi connectivity index (χ3v) is 6.74. The number of nitrogens with one attached hydrogen (secondary N) is 1. The van der Waals surface area contributed by atoms with Crippen LogP contribution in [-0.4, -0.2) is 24.6 Å². The van der Waals surface area contributed by atoms with Gasteiger partial charge in [0.2, 0.25) is 5.88 Å². The molecule has 0 atom stereocenters. The van der Waals surface area contributed by atoms with E-state index in [1.54, 1.807) is 26.0 Å². The largest absolute Gasteiger partial charge is 0.439 e. The van der Waals surface area contributed by atoms with E-state index in [1.165, 1.54) is 30.5 Å². The van der Waals surface area contributed by atoms with E-state index in [2.05, 4.69) is 26.2 Å². The van der Waals surface area contributed by atoms with E-state index in [9.17, 15) is 13.2 Å². The summed E-state index contributed by atoms with van der Waals surface area (Å²) >= 11 is 3.38. The van der Waals surface area contributed by atoms with E-state index in [1.807, 2.05) is 24.3 Å². The fourth-order valence-corrected chi connectivity index (χ4v) is 3.88. The molecule has 6 nitrogen and oxygen atoms in total. The van der Waals surface area contributed by atoms with Gasteiger partial charge in [-0.15, -0.1) is 0 Å². The van der Waals surface area contributed by atoms with Crippen LogP contribution in [-0.2, 0) is 9.84 Å². The van der Waals surface area contributed by atoms with Crippen LogP contribution in [0.25, 0.3) is 0 Å². The molecule has 0 saturated carbocycles. The first-order valence-corrected chi connectivity index (χ1v) is 11.1. The zero-order valence-corrected chi connectivity index (χ0v) is 18.2. The molecule has 1 N–H and O–H groups in total. The van der Waals surface area contributed by atoms with Gasteiger partial charge in [-0.3, -0.25) is 4.79 Å². The number of sulfone groups is 1. The van der Waals surface area contributed by atoms with Crippen molar-refractivity contribution in [2.45, 2.75) is 24.0 Å². The average Bonchev–Trinajstić information content (AvgIpc) is 2.69. The molecule has 0 aliphatic heterocycles. The van der Waals surface area contributed by atoms with Crippen molar-refractivity contribution in [2.75, 3.05) is 5.32 Å². The number of ether oxygens (including phenoxy) is 1. The molecule has 0 aliphatic rings.